The number of hydrogen-bond donors (Lipinski definition) is 1. The van der Waals surface area contributed by atoms with E-state index in [4.69, 9.17) is 5.73 Å². The number of benzene rings is 1. The molecule has 0 bridgehead atoms. The van der Waals surface area contributed by atoms with Crippen molar-refractivity contribution in [2.45, 2.75) is 74.8 Å². The zero-order chi connectivity index (χ0) is 20.7. The predicted octanol–water partition coefficient (Wildman–Crippen LogP) is 4.92. The van der Waals surface area contributed by atoms with Crippen molar-refractivity contribution in [1.82, 2.24) is 0 Å². The lowest BCUT2D eigenvalue weighted by Crippen LogP contribution is -2.42. The van der Waals surface area contributed by atoms with Gasteiger partial charge in [0.2, 0.25) is 0 Å². The number of hydrogen-bond acceptors (Lipinski definition) is 4. The van der Waals surface area contributed by atoms with Crippen molar-refractivity contribution in [3.05, 3.63) is 55.8 Å². The van der Waals surface area contributed by atoms with Gasteiger partial charge in [-0.2, -0.15) is 0 Å². The zero-order valence-corrected chi connectivity index (χ0v) is 18.0. The van der Waals surface area contributed by atoms with Gasteiger partial charge in [0.15, 0.2) is 0 Å². The van der Waals surface area contributed by atoms with Gasteiger partial charge in [-0.3, -0.25) is 9.59 Å². The van der Waals surface area contributed by atoms with Gasteiger partial charge in [0, 0.05) is 13.1 Å². The summed E-state index contributed by atoms with van der Waals surface area (Å²) in [5, 5.41) is 0. The molecule has 0 aliphatic heterocycles. The molecule has 0 heterocycles. The summed E-state index contributed by atoms with van der Waals surface area (Å²) in [4.78, 5) is 24.9. The Morgan fingerprint density at radius 1 is 0.885 bits per heavy atom. The van der Waals surface area contributed by atoms with Crippen LogP contribution in [0.2, 0.25) is 0 Å². The number of aryl methyl sites for hydroxylation is 1. The molecule has 2 N–H and O–H groups in total. The molecule has 0 aliphatic carbocycles. The lowest BCUT2D eigenvalue weighted by molar-refractivity contribution is 0.761. The Labute approximate surface area is 159 Å². The van der Waals surface area contributed by atoms with Gasteiger partial charge in [0.05, 0.1) is 0 Å². The number of anilines is 2. The maximum atomic E-state index is 11.7. The van der Waals surface area contributed by atoms with Crippen molar-refractivity contribution >= 4 is 11.4 Å². The van der Waals surface area contributed by atoms with Crippen LogP contribution in [0.4, 0.5) is 11.4 Å². The van der Waals surface area contributed by atoms with Crippen molar-refractivity contribution in [1.29, 1.82) is 0 Å². The maximum absolute atomic E-state index is 11.7. The fraction of sp³-hybridized carbons (Fsp3) is 0.545. The van der Waals surface area contributed by atoms with Crippen molar-refractivity contribution in [2.24, 2.45) is 0 Å². The summed E-state index contributed by atoms with van der Waals surface area (Å²) in [6.07, 6.45) is 1.87. The Morgan fingerprint density at radius 3 is 1.88 bits per heavy atom. The van der Waals surface area contributed by atoms with E-state index in [1.165, 1.54) is 5.56 Å². The lowest BCUT2D eigenvalue weighted by Gasteiger charge is -2.26. The first kappa shape index (κ1) is 26.1. The summed E-state index contributed by atoms with van der Waals surface area (Å²) in [5.41, 5.74) is 7.54. The summed E-state index contributed by atoms with van der Waals surface area (Å²) in [6.45, 7) is 17.5. The molecule has 0 amide bonds. The highest BCUT2D eigenvalue weighted by molar-refractivity contribution is 5.72. The molecule has 0 aliphatic rings. The van der Waals surface area contributed by atoms with E-state index in [0.29, 0.717) is 18.8 Å². The lowest BCUT2D eigenvalue weighted by atomic mass is 10.1. The third kappa shape index (κ3) is 7.03. The van der Waals surface area contributed by atoms with E-state index in [1.807, 2.05) is 65.5 Å². The van der Waals surface area contributed by atoms with Crippen molar-refractivity contribution in [3.8, 4) is 0 Å². The Balaban J connectivity index is 0. The molecule has 0 unspecified atom stereocenters. The second-order valence-electron chi connectivity index (χ2n) is 5.02. The van der Waals surface area contributed by atoms with E-state index in [2.05, 4.69) is 19.1 Å². The fourth-order valence-corrected chi connectivity index (χ4v) is 2.42. The minimum atomic E-state index is -0.552. The highest BCUT2D eigenvalue weighted by Gasteiger charge is 2.23. The number of nitrogen functional groups attached to an aromatic ring is 1. The van der Waals surface area contributed by atoms with E-state index < -0.39 is 10.9 Å². The Bertz CT molecular complexity index is 671. The third-order valence-corrected chi connectivity index (χ3v) is 3.50. The molecule has 2 aromatic carbocycles. The normalized spacial score (nSPS) is 9.08. The van der Waals surface area contributed by atoms with Crippen LogP contribution in [0.1, 0.15) is 72.9 Å². The van der Waals surface area contributed by atoms with Gasteiger partial charge in [-0.1, -0.05) is 79.7 Å². The van der Waals surface area contributed by atoms with Crippen LogP contribution in [0.3, 0.4) is 0 Å². The molecule has 0 spiro atoms. The van der Waals surface area contributed by atoms with Crippen molar-refractivity contribution in [2.75, 3.05) is 17.2 Å². The van der Waals surface area contributed by atoms with E-state index in [9.17, 15) is 9.59 Å². The first-order valence-corrected chi connectivity index (χ1v) is 10.00. The molecule has 0 aromatic heterocycles. The number of rotatable bonds is 6. The quantitative estimate of drug-likeness (QED) is 0.741. The van der Waals surface area contributed by atoms with E-state index in [1.54, 1.807) is 0 Å². The van der Waals surface area contributed by atoms with Crippen LogP contribution in [0.5, 0.6) is 0 Å². The largest absolute Gasteiger partial charge is 0.394 e. The number of nitrogens with two attached hydrogens (primary N) is 1. The smallest absolute Gasteiger partial charge is 0.253 e. The molecule has 4 heteroatoms. The molecule has 148 valence electrons. The molecule has 0 atom stereocenters. The standard InChI is InChI=1S/C16H20N2O2.3C2H6/c1-3-8-18(14-13(17)15(19)16(14)20)10-12-7-5-6-11(4-2)9-12;3*1-2/h5-7,9H,3-4,8,10,17H2,1-2H3;3*1-2H3. The van der Waals surface area contributed by atoms with Crippen LogP contribution in [-0.2, 0) is 13.0 Å². The fourth-order valence-electron chi connectivity index (χ4n) is 2.42. The van der Waals surface area contributed by atoms with Crippen molar-refractivity contribution < 1.29 is 0 Å². The molecule has 0 fully saturated rings. The summed E-state index contributed by atoms with van der Waals surface area (Å²) in [5.74, 6) is 0. The molecule has 0 saturated heterocycles. The van der Waals surface area contributed by atoms with Gasteiger partial charge >= 0.3 is 0 Å². The van der Waals surface area contributed by atoms with Crippen LogP contribution in [0.25, 0.3) is 0 Å². The van der Waals surface area contributed by atoms with Gasteiger partial charge < -0.3 is 10.6 Å². The van der Waals surface area contributed by atoms with Crippen LogP contribution >= 0.6 is 0 Å². The molecule has 2 rings (SSSR count). The van der Waals surface area contributed by atoms with Crippen LogP contribution in [0.15, 0.2) is 33.9 Å². The highest BCUT2D eigenvalue weighted by Crippen LogP contribution is 2.20. The van der Waals surface area contributed by atoms with E-state index >= 15 is 0 Å². The predicted molar refractivity (Wildman–Crippen MR) is 117 cm³/mol. The first-order valence-electron chi connectivity index (χ1n) is 10.00. The van der Waals surface area contributed by atoms with Crippen LogP contribution in [0, 0.1) is 0 Å². The minimum Gasteiger partial charge on any atom is -0.394 e. The second-order valence-corrected chi connectivity index (χ2v) is 5.02. The Hall–Kier alpha value is -2.10. The summed E-state index contributed by atoms with van der Waals surface area (Å²) in [7, 11) is 0. The average molecular weight is 363 g/mol. The monoisotopic (exact) mass is 362 g/mol. The molecule has 2 aromatic rings. The molecular formula is C22H38N2O2. The average Bonchev–Trinajstić information content (AvgIpc) is 2.72. The summed E-state index contributed by atoms with van der Waals surface area (Å²) >= 11 is 0. The maximum Gasteiger partial charge on any atom is 0.253 e. The van der Waals surface area contributed by atoms with Gasteiger partial charge in [-0.15, -0.1) is 0 Å². The molecule has 0 saturated carbocycles. The number of nitrogens with zero attached hydrogens (tertiary/aromatic N) is 1. The van der Waals surface area contributed by atoms with E-state index in [0.717, 1.165) is 18.4 Å². The topological polar surface area (TPSA) is 63.4 Å². The Kier molecular flexibility index (Phi) is 15.3. The van der Waals surface area contributed by atoms with Gasteiger partial charge in [0.25, 0.3) is 10.9 Å². The van der Waals surface area contributed by atoms with Gasteiger partial charge in [-0.25, -0.2) is 0 Å². The zero-order valence-electron chi connectivity index (χ0n) is 18.0. The SMILES string of the molecule is CC.CC.CC.CCCN(Cc1cccc(CC)c1)c1c(N)c(=O)c1=O. The minimum absolute atomic E-state index is 0.107. The van der Waals surface area contributed by atoms with Crippen LogP contribution < -0.4 is 21.5 Å². The Morgan fingerprint density at radius 2 is 1.42 bits per heavy atom. The van der Waals surface area contributed by atoms with Crippen LogP contribution in [-0.4, -0.2) is 6.54 Å². The summed E-state index contributed by atoms with van der Waals surface area (Å²) in [6, 6.07) is 8.26. The van der Waals surface area contributed by atoms with Crippen molar-refractivity contribution in [3.63, 3.8) is 0 Å². The second kappa shape index (κ2) is 15.2. The molecule has 4 nitrogen and oxygen atoms in total. The highest BCUT2D eigenvalue weighted by atomic mass is 16.2. The third-order valence-electron chi connectivity index (χ3n) is 3.50. The van der Waals surface area contributed by atoms with Gasteiger partial charge in [0.1, 0.15) is 11.4 Å². The molecule has 26 heavy (non-hydrogen) atoms. The summed E-state index contributed by atoms with van der Waals surface area (Å²) < 4.78 is 0. The first-order chi connectivity index (χ1) is 12.6. The molecular weight excluding hydrogens is 324 g/mol. The molecule has 0 radical (unpaired) electrons. The van der Waals surface area contributed by atoms with Gasteiger partial charge in [-0.05, 0) is 24.0 Å². The van der Waals surface area contributed by atoms with E-state index in [-0.39, 0.29) is 5.69 Å².